The van der Waals surface area contributed by atoms with Crippen LogP contribution in [0.3, 0.4) is 0 Å². The molecule has 2 atom stereocenters. The molecule has 1 aliphatic rings. The molecule has 0 aromatic carbocycles. The summed E-state index contributed by atoms with van der Waals surface area (Å²) in [5.41, 5.74) is 5.57. The molecule has 4 nitrogen and oxygen atoms in total. The van der Waals surface area contributed by atoms with Crippen molar-refractivity contribution in [1.82, 2.24) is 4.90 Å². The van der Waals surface area contributed by atoms with Gasteiger partial charge in [0.15, 0.2) is 0 Å². The Balaban J connectivity index is 2.50. The van der Waals surface area contributed by atoms with Crippen LogP contribution < -0.4 is 5.73 Å². The second-order valence-corrected chi connectivity index (χ2v) is 4.98. The third-order valence-corrected chi connectivity index (χ3v) is 2.73. The van der Waals surface area contributed by atoms with Crippen LogP contribution in [-0.4, -0.2) is 56.0 Å². The Bertz CT molecular complexity index is 195. The van der Waals surface area contributed by atoms with Crippen molar-refractivity contribution in [3.63, 3.8) is 0 Å². The predicted octanol–water partition coefficient (Wildman–Crippen LogP) is 0.459. The lowest BCUT2D eigenvalue weighted by Crippen LogP contribution is -2.56. The lowest BCUT2D eigenvalue weighted by atomic mass is 10.0. The van der Waals surface area contributed by atoms with Crippen LogP contribution in [0.4, 0.5) is 0 Å². The van der Waals surface area contributed by atoms with Crippen molar-refractivity contribution < 1.29 is 9.47 Å². The third-order valence-electron chi connectivity index (χ3n) is 2.73. The minimum atomic E-state index is -0.101. The average molecular weight is 216 g/mol. The van der Waals surface area contributed by atoms with Crippen LogP contribution in [0.15, 0.2) is 0 Å². The Labute approximate surface area is 92.7 Å². The maximum atomic E-state index is 5.86. The molecule has 90 valence electrons. The zero-order chi connectivity index (χ0) is 11.5. The van der Waals surface area contributed by atoms with E-state index in [4.69, 9.17) is 15.2 Å². The minimum Gasteiger partial charge on any atom is -0.380 e. The van der Waals surface area contributed by atoms with Gasteiger partial charge in [0, 0.05) is 33.3 Å². The van der Waals surface area contributed by atoms with E-state index in [2.05, 4.69) is 25.7 Å². The van der Waals surface area contributed by atoms with Crippen LogP contribution in [0.5, 0.6) is 0 Å². The first-order valence-electron chi connectivity index (χ1n) is 5.60. The monoisotopic (exact) mass is 216 g/mol. The first-order chi connectivity index (χ1) is 6.96. The number of morpholine rings is 1. The van der Waals surface area contributed by atoms with E-state index in [9.17, 15) is 0 Å². The molecule has 0 aliphatic carbocycles. The van der Waals surface area contributed by atoms with Gasteiger partial charge >= 0.3 is 0 Å². The number of nitrogens with zero attached hydrogens (tertiary/aromatic N) is 1. The number of ether oxygens (including phenoxy) is 2. The summed E-state index contributed by atoms with van der Waals surface area (Å²) in [7, 11) is 1.75. The maximum Gasteiger partial charge on any atom is 0.0831 e. The summed E-state index contributed by atoms with van der Waals surface area (Å²) in [4.78, 5) is 2.37. The van der Waals surface area contributed by atoms with Gasteiger partial charge in [0.1, 0.15) is 0 Å². The molecule has 2 N–H and O–H groups in total. The Hall–Kier alpha value is -0.160. The maximum absolute atomic E-state index is 5.86. The van der Waals surface area contributed by atoms with E-state index in [1.54, 1.807) is 7.11 Å². The van der Waals surface area contributed by atoms with Crippen molar-refractivity contribution in [3.05, 3.63) is 0 Å². The van der Waals surface area contributed by atoms with Gasteiger partial charge in [0.25, 0.3) is 0 Å². The molecular formula is C11H24N2O2. The fraction of sp³-hybridized carbons (Fsp3) is 1.00. The minimum absolute atomic E-state index is 0.101. The van der Waals surface area contributed by atoms with Crippen molar-refractivity contribution in [2.75, 3.05) is 33.3 Å². The normalized spacial score (nSPS) is 29.0. The highest BCUT2D eigenvalue weighted by atomic mass is 16.5. The quantitative estimate of drug-likeness (QED) is 0.741. The molecule has 0 aromatic heterocycles. The molecule has 0 bridgehead atoms. The molecular weight excluding hydrogens is 192 g/mol. The summed E-state index contributed by atoms with van der Waals surface area (Å²) < 4.78 is 11.1. The molecule has 0 spiro atoms. The summed E-state index contributed by atoms with van der Waals surface area (Å²) in [6, 6.07) is 0. The highest BCUT2D eigenvalue weighted by Gasteiger charge is 2.32. The Morgan fingerprint density at radius 3 is 2.80 bits per heavy atom. The number of rotatable bonds is 4. The predicted molar refractivity (Wildman–Crippen MR) is 60.9 cm³/mol. The van der Waals surface area contributed by atoms with Gasteiger partial charge in [-0.25, -0.2) is 0 Å². The lowest BCUT2D eigenvalue weighted by molar-refractivity contribution is -0.137. The SMILES string of the molecule is COC(C)CN1CC(CN)OC(C)(C)C1. The topological polar surface area (TPSA) is 47.7 Å². The van der Waals surface area contributed by atoms with Gasteiger partial charge in [-0.3, -0.25) is 4.90 Å². The zero-order valence-corrected chi connectivity index (χ0v) is 10.3. The first-order valence-corrected chi connectivity index (χ1v) is 5.60. The van der Waals surface area contributed by atoms with Crippen molar-refractivity contribution >= 4 is 0 Å². The van der Waals surface area contributed by atoms with Gasteiger partial charge in [-0.1, -0.05) is 0 Å². The molecule has 2 unspecified atom stereocenters. The standard InChI is InChI=1S/C11H24N2O2/c1-9(14-4)6-13-7-10(5-12)15-11(2,3)8-13/h9-10H,5-8,12H2,1-4H3. The van der Waals surface area contributed by atoms with Crippen LogP contribution in [0, 0.1) is 0 Å². The van der Waals surface area contributed by atoms with E-state index in [1.807, 2.05) is 0 Å². The summed E-state index contributed by atoms with van der Waals surface area (Å²) >= 11 is 0. The average Bonchev–Trinajstić information content (AvgIpc) is 2.15. The Kier molecular flexibility index (Phi) is 4.52. The van der Waals surface area contributed by atoms with Crippen molar-refractivity contribution in [2.45, 2.75) is 38.6 Å². The lowest BCUT2D eigenvalue weighted by Gasteiger charge is -2.43. The van der Waals surface area contributed by atoms with Crippen LogP contribution in [0.25, 0.3) is 0 Å². The molecule has 1 heterocycles. The molecule has 0 aromatic rings. The van der Waals surface area contributed by atoms with E-state index in [-0.39, 0.29) is 17.8 Å². The van der Waals surface area contributed by atoms with Crippen LogP contribution in [-0.2, 0) is 9.47 Å². The van der Waals surface area contributed by atoms with Gasteiger partial charge in [0.05, 0.1) is 17.8 Å². The van der Waals surface area contributed by atoms with Gasteiger partial charge in [-0.15, -0.1) is 0 Å². The summed E-state index contributed by atoms with van der Waals surface area (Å²) in [5.74, 6) is 0. The second kappa shape index (κ2) is 5.25. The Morgan fingerprint density at radius 2 is 2.27 bits per heavy atom. The molecule has 0 saturated carbocycles. The largest absolute Gasteiger partial charge is 0.380 e. The van der Waals surface area contributed by atoms with Crippen molar-refractivity contribution in [2.24, 2.45) is 5.73 Å². The van der Waals surface area contributed by atoms with Gasteiger partial charge in [0.2, 0.25) is 0 Å². The van der Waals surface area contributed by atoms with Crippen LogP contribution >= 0.6 is 0 Å². The number of hydrogen-bond acceptors (Lipinski definition) is 4. The molecule has 15 heavy (non-hydrogen) atoms. The van der Waals surface area contributed by atoms with E-state index in [0.29, 0.717) is 6.54 Å². The van der Waals surface area contributed by atoms with Gasteiger partial charge < -0.3 is 15.2 Å². The summed E-state index contributed by atoms with van der Waals surface area (Å²) in [6.45, 7) is 9.68. The molecule has 1 aliphatic heterocycles. The highest BCUT2D eigenvalue weighted by molar-refractivity contribution is 4.85. The van der Waals surface area contributed by atoms with E-state index in [0.717, 1.165) is 19.6 Å². The third kappa shape index (κ3) is 4.07. The first kappa shape index (κ1) is 12.9. The zero-order valence-electron chi connectivity index (χ0n) is 10.3. The molecule has 0 radical (unpaired) electrons. The van der Waals surface area contributed by atoms with E-state index < -0.39 is 0 Å². The van der Waals surface area contributed by atoms with Gasteiger partial charge in [-0.05, 0) is 20.8 Å². The fourth-order valence-corrected chi connectivity index (χ4v) is 2.12. The smallest absolute Gasteiger partial charge is 0.0831 e. The molecule has 1 rings (SSSR count). The van der Waals surface area contributed by atoms with Crippen LogP contribution in [0.1, 0.15) is 20.8 Å². The molecule has 0 amide bonds. The summed E-state index contributed by atoms with van der Waals surface area (Å²) in [5, 5.41) is 0. The van der Waals surface area contributed by atoms with Gasteiger partial charge in [-0.2, -0.15) is 0 Å². The highest BCUT2D eigenvalue weighted by Crippen LogP contribution is 2.20. The number of hydrogen-bond donors (Lipinski definition) is 1. The summed E-state index contributed by atoms with van der Waals surface area (Å²) in [6.07, 6.45) is 0.412. The number of nitrogens with two attached hydrogens (primary N) is 1. The van der Waals surface area contributed by atoms with Crippen LogP contribution in [0.2, 0.25) is 0 Å². The number of methoxy groups -OCH3 is 1. The second-order valence-electron chi connectivity index (χ2n) is 4.98. The van der Waals surface area contributed by atoms with E-state index in [1.165, 1.54) is 0 Å². The van der Waals surface area contributed by atoms with E-state index >= 15 is 0 Å². The molecule has 4 heteroatoms. The van der Waals surface area contributed by atoms with Crippen molar-refractivity contribution in [3.8, 4) is 0 Å². The Morgan fingerprint density at radius 1 is 1.60 bits per heavy atom. The molecule has 1 saturated heterocycles. The van der Waals surface area contributed by atoms with Crippen molar-refractivity contribution in [1.29, 1.82) is 0 Å². The molecule has 1 fully saturated rings. The fourth-order valence-electron chi connectivity index (χ4n) is 2.12.